The molecule has 7 heteroatoms. The van der Waals surface area contributed by atoms with Gasteiger partial charge < -0.3 is 14.5 Å². The average Bonchev–Trinajstić information content (AvgIpc) is 2.67. The summed E-state index contributed by atoms with van der Waals surface area (Å²) < 4.78 is 5.82. The number of rotatable bonds is 5. The highest BCUT2D eigenvalue weighted by Crippen LogP contribution is 2.25. The van der Waals surface area contributed by atoms with E-state index in [1.54, 1.807) is 17.0 Å². The fourth-order valence-electron chi connectivity index (χ4n) is 3.62. The largest absolute Gasteiger partial charge is 0.483 e. The first-order chi connectivity index (χ1) is 13.3. The molecule has 148 valence electrons. The van der Waals surface area contributed by atoms with Crippen molar-refractivity contribution in [1.29, 1.82) is 0 Å². The standard InChI is InChI=1S/C21H25N3O4/c1-15-12-16(2)21(17(3)13-15)28-14-20(25)23-10-8-22(9-11-23)18-4-6-19(7-5-18)24(26)27/h4-7,12-13H,8-11,14H2,1-3H3. The lowest BCUT2D eigenvalue weighted by Gasteiger charge is -2.36. The van der Waals surface area contributed by atoms with Gasteiger partial charge in [-0.1, -0.05) is 17.7 Å². The van der Waals surface area contributed by atoms with Gasteiger partial charge in [0.25, 0.3) is 11.6 Å². The van der Waals surface area contributed by atoms with Crippen molar-refractivity contribution in [2.24, 2.45) is 0 Å². The van der Waals surface area contributed by atoms with Crippen LogP contribution in [0, 0.1) is 30.9 Å². The van der Waals surface area contributed by atoms with E-state index in [4.69, 9.17) is 4.74 Å². The first-order valence-electron chi connectivity index (χ1n) is 9.33. The molecule has 0 saturated carbocycles. The molecule has 1 heterocycles. The van der Waals surface area contributed by atoms with Crippen LogP contribution in [0.2, 0.25) is 0 Å². The maximum Gasteiger partial charge on any atom is 0.269 e. The Morgan fingerprint density at radius 1 is 1.04 bits per heavy atom. The third-order valence-corrected chi connectivity index (χ3v) is 5.00. The number of nitrogens with zero attached hydrogens (tertiary/aromatic N) is 3. The van der Waals surface area contributed by atoms with Crippen molar-refractivity contribution in [3.63, 3.8) is 0 Å². The van der Waals surface area contributed by atoms with Crippen LogP contribution < -0.4 is 9.64 Å². The van der Waals surface area contributed by atoms with E-state index in [2.05, 4.69) is 17.0 Å². The molecule has 0 aliphatic carbocycles. The van der Waals surface area contributed by atoms with Crippen LogP contribution in [0.25, 0.3) is 0 Å². The molecule has 3 rings (SSSR count). The molecule has 0 aromatic heterocycles. The molecule has 1 aliphatic heterocycles. The second-order valence-corrected chi connectivity index (χ2v) is 7.16. The molecule has 1 amide bonds. The first-order valence-corrected chi connectivity index (χ1v) is 9.33. The molecule has 1 fully saturated rings. The fraction of sp³-hybridized carbons (Fsp3) is 0.381. The number of carbonyl (C=O) groups is 1. The van der Waals surface area contributed by atoms with Crippen molar-refractivity contribution in [3.8, 4) is 5.75 Å². The van der Waals surface area contributed by atoms with Crippen LogP contribution >= 0.6 is 0 Å². The van der Waals surface area contributed by atoms with Crippen LogP contribution in [-0.2, 0) is 4.79 Å². The number of carbonyl (C=O) groups excluding carboxylic acids is 1. The Balaban J connectivity index is 1.53. The van der Waals surface area contributed by atoms with Crippen LogP contribution in [0.3, 0.4) is 0 Å². The fourth-order valence-corrected chi connectivity index (χ4v) is 3.62. The number of benzene rings is 2. The van der Waals surface area contributed by atoms with Crippen molar-refractivity contribution >= 4 is 17.3 Å². The van der Waals surface area contributed by atoms with Crippen molar-refractivity contribution in [2.45, 2.75) is 20.8 Å². The Hall–Kier alpha value is -3.09. The Bertz CT molecular complexity index is 849. The molecule has 28 heavy (non-hydrogen) atoms. The second kappa shape index (κ2) is 8.29. The minimum Gasteiger partial charge on any atom is -0.483 e. The van der Waals surface area contributed by atoms with Gasteiger partial charge in [-0.3, -0.25) is 14.9 Å². The number of nitro benzene ring substituents is 1. The molecule has 2 aromatic rings. The quantitative estimate of drug-likeness (QED) is 0.585. The van der Waals surface area contributed by atoms with Crippen molar-refractivity contribution < 1.29 is 14.5 Å². The average molecular weight is 383 g/mol. The van der Waals surface area contributed by atoms with E-state index < -0.39 is 4.92 Å². The number of nitro groups is 1. The predicted octanol–water partition coefficient (Wildman–Crippen LogP) is 3.25. The lowest BCUT2D eigenvalue weighted by molar-refractivity contribution is -0.384. The summed E-state index contributed by atoms with van der Waals surface area (Å²) in [7, 11) is 0. The van der Waals surface area contributed by atoms with E-state index >= 15 is 0 Å². The van der Waals surface area contributed by atoms with Gasteiger partial charge in [-0.15, -0.1) is 0 Å². The van der Waals surface area contributed by atoms with Gasteiger partial charge in [-0.2, -0.15) is 0 Å². The molecule has 0 bridgehead atoms. The lowest BCUT2D eigenvalue weighted by atomic mass is 10.1. The Morgan fingerprint density at radius 3 is 2.14 bits per heavy atom. The summed E-state index contributed by atoms with van der Waals surface area (Å²) in [5.74, 6) is 0.756. The molecule has 7 nitrogen and oxygen atoms in total. The Morgan fingerprint density at radius 2 is 1.61 bits per heavy atom. The van der Waals surface area contributed by atoms with Gasteiger partial charge in [-0.25, -0.2) is 0 Å². The van der Waals surface area contributed by atoms with Crippen LogP contribution in [0.4, 0.5) is 11.4 Å². The summed E-state index contributed by atoms with van der Waals surface area (Å²) in [5.41, 5.74) is 4.26. The number of hydrogen-bond acceptors (Lipinski definition) is 5. The van der Waals surface area contributed by atoms with Gasteiger partial charge in [0.05, 0.1) is 4.92 Å². The molecule has 1 saturated heterocycles. The van der Waals surface area contributed by atoms with Crippen molar-refractivity contribution in [2.75, 3.05) is 37.7 Å². The summed E-state index contributed by atoms with van der Waals surface area (Å²) in [6, 6.07) is 10.6. The highest BCUT2D eigenvalue weighted by atomic mass is 16.6. The summed E-state index contributed by atoms with van der Waals surface area (Å²) in [6.07, 6.45) is 0. The molecule has 2 aromatic carbocycles. The van der Waals surface area contributed by atoms with Crippen LogP contribution in [-0.4, -0.2) is 48.5 Å². The van der Waals surface area contributed by atoms with E-state index in [0.717, 1.165) is 22.6 Å². The van der Waals surface area contributed by atoms with Gasteiger partial charge >= 0.3 is 0 Å². The maximum absolute atomic E-state index is 12.5. The van der Waals surface area contributed by atoms with Crippen molar-refractivity contribution in [1.82, 2.24) is 4.90 Å². The maximum atomic E-state index is 12.5. The first kappa shape index (κ1) is 19.7. The molecule has 0 N–H and O–H groups in total. The zero-order valence-electron chi connectivity index (χ0n) is 16.5. The number of aryl methyl sites for hydroxylation is 3. The number of hydrogen-bond donors (Lipinski definition) is 0. The number of non-ortho nitro benzene ring substituents is 1. The van der Waals surface area contributed by atoms with Gasteiger partial charge in [0.15, 0.2) is 6.61 Å². The highest BCUT2D eigenvalue weighted by Gasteiger charge is 2.22. The summed E-state index contributed by atoms with van der Waals surface area (Å²) in [5, 5.41) is 10.8. The van der Waals surface area contributed by atoms with Crippen LogP contribution in [0.5, 0.6) is 5.75 Å². The second-order valence-electron chi connectivity index (χ2n) is 7.16. The zero-order valence-corrected chi connectivity index (χ0v) is 16.5. The smallest absolute Gasteiger partial charge is 0.269 e. The van der Waals surface area contributed by atoms with Gasteiger partial charge in [-0.05, 0) is 44.0 Å². The number of amides is 1. The van der Waals surface area contributed by atoms with E-state index in [0.29, 0.717) is 26.2 Å². The highest BCUT2D eigenvalue weighted by molar-refractivity contribution is 5.78. The Labute approximate surface area is 164 Å². The number of piperazine rings is 1. The normalized spacial score (nSPS) is 14.1. The minimum atomic E-state index is -0.405. The topological polar surface area (TPSA) is 75.9 Å². The van der Waals surface area contributed by atoms with Crippen LogP contribution in [0.1, 0.15) is 16.7 Å². The summed E-state index contributed by atoms with van der Waals surface area (Å²) in [6.45, 7) is 8.63. The summed E-state index contributed by atoms with van der Waals surface area (Å²) >= 11 is 0. The van der Waals surface area contributed by atoms with E-state index in [9.17, 15) is 14.9 Å². The zero-order chi connectivity index (χ0) is 20.3. The SMILES string of the molecule is Cc1cc(C)c(OCC(=O)N2CCN(c3ccc([N+](=O)[O-])cc3)CC2)c(C)c1. The number of anilines is 1. The summed E-state index contributed by atoms with van der Waals surface area (Å²) in [4.78, 5) is 26.8. The van der Waals surface area contributed by atoms with Crippen LogP contribution in [0.15, 0.2) is 36.4 Å². The third kappa shape index (κ3) is 4.42. The van der Waals surface area contributed by atoms with Gasteiger partial charge in [0, 0.05) is 44.0 Å². The molecule has 0 radical (unpaired) electrons. The van der Waals surface area contributed by atoms with E-state index in [1.807, 2.05) is 20.8 Å². The van der Waals surface area contributed by atoms with Crippen molar-refractivity contribution in [3.05, 3.63) is 63.2 Å². The molecule has 1 aliphatic rings. The van der Waals surface area contributed by atoms with E-state index in [1.165, 1.54) is 17.7 Å². The minimum absolute atomic E-state index is 0.0253. The molecule has 0 spiro atoms. The predicted molar refractivity (Wildman–Crippen MR) is 108 cm³/mol. The third-order valence-electron chi connectivity index (χ3n) is 5.00. The molecule has 0 atom stereocenters. The molecular formula is C21H25N3O4. The van der Waals surface area contributed by atoms with E-state index in [-0.39, 0.29) is 18.2 Å². The van der Waals surface area contributed by atoms with Gasteiger partial charge in [0.2, 0.25) is 0 Å². The number of ether oxygens (including phenoxy) is 1. The van der Waals surface area contributed by atoms with Gasteiger partial charge in [0.1, 0.15) is 5.75 Å². The molecular weight excluding hydrogens is 358 g/mol. The Kier molecular flexibility index (Phi) is 5.82. The monoisotopic (exact) mass is 383 g/mol. The lowest BCUT2D eigenvalue weighted by Crippen LogP contribution is -2.50. The molecule has 0 unspecified atom stereocenters.